The summed E-state index contributed by atoms with van der Waals surface area (Å²) in [6, 6.07) is 0.486. The molecule has 0 bridgehead atoms. The maximum Gasteiger partial charge on any atom is 0.225 e. The maximum atomic E-state index is 12.5. The van der Waals surface area contributed by atoms with Crippen LogP contribution in [0.3, 0.4) is 0 Å². The fourth-order valence-electron chi connectivity index (χ4n) is 2.85. The summed E-state index contributed by atoms with van der Waals surface area (Å²) in [6.07, 6.45) is 4.34. The van der Waals surface area contributed by atoms with Crippen molar-refractivity contribution in [3.63, 3.8) is 0 Å². The summed E-state index contributed by atoms with van der Waals surface area (Å²) < 4.78 is 0. The lowest BCUT2D eigenvalue weighted by Crippen LogP contribution is -2.45. The van der Waals surface area contributed by atoms with E-state index in [9.17, 15) is 4.79 Å². The molecule has 1 amide bonds. The molecule has 3 nitrogen and oxygen atoms in total. The van der Waals surface area contributed by atoms with Gasteiger partial charge in [0.25, 0.3) is 0 Å². The maximum absolute atomic E-state index is 12.5. The van der Waals surface area contributed by atoms with E-state index in [-0.39, 0.29) is 5.92 Å². The molecule has 0 radical (unpaired) electrons. The largest absolute Gasteiger partial charge is 0.342 e. The molecule has 1 heterocycles. The van der Waals surface area contributed by atoms with Gasteiger partial charge in [-0.25, -0.2) is 0 Å². The van der Waals surface area contributed by atoms with E-state index in [0.717, 1.165) is 32.5 Å². The van der Waals surface area contributed by atoms with Crippen LogP contribution in [0.25, 0.3) is 0 Å². The average Bonchev–Trinajstić information content (AvgIpc) is 2.39. The van der Waals surface area contributed by atoms with Crippen LogP contribution in [0.1, 0.15) is 53.4 Å². The van der Waals surface area contributed by atoms with Crippen LogP contribution >= 0.6 is 0 Å². The smallest absolute Gasteiger partial charge is 0.225 e. The second-order valence-electron chi connectivity index (χ2n) is 5.64. The number of piperidine rings is 1. The third-order valence-electron chi connectivity index (χ3n) is 4.30. The van der Waals surface area contributed by atoms with Crippen molar-refractivity contribution >= 4 is 5.91 Å². The Morgan fingerprint density at radius 3 is 2.50 bits per heavy atom. The monoisotopic (exact) mass is 254 g/mol. The predicted octanol–water partition coefficient (Wildman–Crippen LogP) is 2.66. The highest BCUT2D eigenvalue weighted by Gasteiger charge is 2.28. The van der Waals surface area contributed by atoms with Gasteiger partial charge in [-0.2, -0.15) is 0 Å². The normalized spacial score (nSPS) is 24.3. The lowest BCUT2D eigenvalue weighted by Gasteiger charge is -2.33. The third kappa shape index (κ3) is 4.27. The summed E-state index contributed by atoms with van der Waals surface area (Å²) in [4.78, 5) is 14.6. The fraction of sp³-hybridized carbons (Fsp3) is 0.933. The molecule has 0 aromatic rings. The van der Waals surface area contributed by atoms with Crippen molar-refractivity contribution < 1.29 is 4.79 Å². The molecule has 1 rings (SSSR count). The summed E-state index contributed by atoms with van der Waals surface area (Å²) in [6.45, 7) is 11.5. The summed E-state index contributed by atoms with van der Waals surface area (Å²) in [7, 11) is 0. The number of nitrogens with one attached hydrogen (secondary N) is 1. The molecule has 106 valence electrons. The first-order valence-electron chi connectivity index (χ1n) is 7.64. The van der Waals surface area contributed by atoms with E-state index >= 15 is 0 Å². The van der Waals surface area contributed by atoms with Crippen LogP contribution in [0.15, 0.2) is 0 Å². The van der Waals surface area contributed by atoms with Gasteiger partial charge in [0.15, 0.2) is 0 Å². The van der Waals surface area contributed by atoms with Gasteiger partial charge in [-0.05, 0) is 39.2 Å². The number of nitrogens with zero attached hydrogens (tertiary/aromatic N) is 1. The average molecular weight is 254 g/mol. The molecule has 1 N–H and O–H groups in total. The molecule has 0 spiro atoms. The number of amides is 1. The molecule has 1 saturated heterocycles. The Hall–Kier alpha value is -0.570. The molecular formula is C15H30N2O. The van der Waals surface area contributed by atoms with Crippen LogP contribution in [-0.2, 0) is 4.79 Å². The zero-order valence-electron chi connectivity index (χ0n) is 12.5. The zero-order valence-corrected chi connectivity index (χ0v) is 12.5. The zero-order chi connectivity index (χ0) is 13.5. The first kappa shape index (κ1) is 15.5. The molecular weight excluding hydrogens is 224 g/mol. The van der Waals surface area contributed by atoms with Crippen LogP contribution in [0.4, 0.5) is 0 Å². The number of carbonyl (C=O) groups is 1. The predicted molar refractivity (Wildman–Crippen MR) is 76.5 cm³/mol. The standard InChI is InChI=1S/C15H30N2O/c1-5-13(6-2)11-17(7-3)15(18)14-8-9-16-12(4)10-14/h12-14,16H,5-11H2,1-4H3/t12-,14-/m0/s1. The summed E-state index contributed by atoms with van der Waals surface area (Å²) >= 11 is 0. The second kappa shape index (κ2) is 7.78. The highest BCUT2D eigenvalue weighted by atomic mass is 16.2. The van der Waals surface area contributed by atoms with E-state index in [2.05, 4.69) is 37.9 Å². The molecule has 0 aromatic heterocycles. The lowest BCUT2D eigenvalue weighted by molar-refractivity contribution is -0.137. The minimum absolute atomic E-state index is 0.246. The Morgan fingerprint density at radius 1 is 1.33 bits per heavy atom. The van der Waals surface area contributed by atoms with Crippen molar-refractivity contribution in [1.29, 1.82) is 0 Å². The molecule has 0 aliphatic carbocycles. The molecule has 1 aliphatic rings. The minimum Gasteiger partial charge on any atom is -0.342 e. The van der Waals surface area contributed by atoms with Gasteiger partial charge >= 0.3 is 0 Å². The van der Waals surface area contributed by atoms with Gasteiger partial charge in [-0.15, -0.1) is 0 Å². The lowest BCUT2D eigenvalue weighted by atomic mass is 9.91. The van der Waals surface area contributed by atoms with Crippen LogP contribution in [-0.4, -0.2) is 36.5 Å². The van der Waals surface area contributed by atoms with E-state index in [1.165, 1.54) is 12.8 Å². The summed E-state index contributed by atoms with van der Waals surface area (Å²) in [5.74, 6) is 1.29. The first-order chi connectivity index (χ1) is 8.62. The van der Waals surface area contributed by atoms with E-state index < -0.39 is 0 Å². The van der Waals surface area contributed by atoms with Gasteiger partial charge in [0.2, 0.25) is 5.91 Å². The van der Waals surface area contributed by atoms with Gasteiger partial charge in [-0.3, -0.25) is 4.79 Å². The molecule has 3 heteroatoms. The second-order valence-corrected chi connectivity index (χ2v) is 5.64. The topological polar surface area (TPSA) is 32.3 Å². The Bertz CT molecular complexity index is 251. The van der Waals surface area contributed by atoms with Crippen molar-refractivity contribution in [2.45, 2.75) is 59.4 Å². The van der Waals surface area contributed by atoms with Gasteiger partial charge in [-0.1, -0.05) is 26.7 Å². The van der Waals surface area contributed by atoms with Crippen molar-refractivity contribution in [2.24, 2.45) is 11.8 Å². The quantitative estimate of drug-likeness (QED) is 0.790. The van der Waals surface area contributed by atoms with Crippen molar-refractivity contribution in [2.75, 3.05) is 19.6 Å². The molecule has 2 atom stereocenters. The molecule has 0 saturated carbocycles. The van der Waals surface area contributed by atoms with Crippen LogP contribution in [0.2, 0.25) is 0 Å². The summed E-state index contributed by atoms with van der Waals surface area (Å²) in [5, 5.41) is 3.42. The molecule has 0 aromatic carbocycles. The third-order valence-corrected chi connectivity index (χ3v) is 4.30. The fourth-order valence-corrected chi connectivity index (χ4v) is 2.85. The van der Waals surface area contributed by atoms with Gasteiger partial charge in [0.05, 0.1) is 0 Å². The Labute approximate surface area is 112 Å². The Morgan fingerprint density at radius 2 is 2.00 bits per heavy atom. The van der Waals surface area contributed by atoms with Gasteiger partial charge in [0, 0.05) is 25.0 Å². The highest BCUT2D eigenvalue weighted by Crippen LogP contribution is 2.20. The molecule has 1 fully saturated rings. The minimum atomic E-state index is 0.246. The van der Waals surface area contributed by atoms with E-state index in [1.54, 1.807) is 0 Å². The Kier molecular flexibility index (Phi) is 6.69. The van der Waals surface area contributed by atoms with Crippen LogP contribution in [0, 0.1) is 11.8 Å². The van der Waals surface area contributed by atoms with E-state index in [0.29, 0.717) is 17.9 Å². The van der Waals surface area contributed by atoms with Crippen molar-refractivity contribution in [3.8, 4) is 0 Å². The van der Waals surface area contributed by atoms with Gasteiger partial charge < -0.3 is 10.2 Å². The van der Waals surface area contributed by atoms with Gasteiger partial charge in [0.1, 0.15) is 0 Å². The van der Waals surface area contributed by atoms with Crippen LogP contribution < -0.4 is 5.32 Å². The Balaban J connectivity index is 2.55. The molecule has 18 heavy (non-hydrogen) atoms. The SMILES string of the molecule is CCC(CC)CN(CC)C(=O)[C@H]1CCN[C@@H](C)C1. The number of carbonyl (C=O) groups excluding carboxylic acids is 1. The first-order valence-corrected chi connectivity index (χ1v) is 7.64. The highest BCUT2D eigenvalue weighted by molar-refractivity contribution is 5.79. The van der Waals surface area contributed by atoms with Crippen molar-refractivity contribution in [1.82, 2.24) is 10.2 Å². The number of rotatable bonds is 6. The summed E-state index contributed by atoms with van der Waals surface area (Å²) in [5.41, 5.74) is 0. The van der Waals surface area contributed by atoms with E-state index in [4.69, 9.17) is 0 Å². The van der Waals surface area contributed by atoms with Crippen molar-refractivity contribution in [3.05, 3.63) is 0 Å². The van der Waals surface area contributed by atoms with E-state index in [1.807, 2.05) is 0 Å². The molecule has 1 aliphatic heterocycles. The van der Waals surface area contributed by atoms with Crippen LogP contribution in [0.5, 0.6) is 0 Å². The number of hydrogen-bond acceptors (Lipinski definition) is 2. The molecule has 0 unspecified atom stereocenters. The number of hydrogen-bond donors (Lipinski definition) is 1.